The van der Waals surface area contributed by atoms with Crippen LogP contribution in [0.2, 0.25) is 0 Å². The van der Waals surface area contributed by atoms with Crippen LogP contribution in [0.4, 0.5) is 4.79 Å². The number of phenols is 1. The molecular weight excluding hydrogens is 542 g/mol. The van der Waals surface area contributed by atoms with E-state index in [0.717, 1.165) is 5.56 Å². The van der Waals surface area contributed by atoms with Crippen LogP contribution in [0.1, 0.15) is 69.3 Å². The van der Waals surface area contributed by atoms with Gasteiger partial charge in [0.15, 0.2) is 0 Å². The number of alkyl carbamates (subject to hydrolysis) is 1. The fourth-order valence-corrected chi connectivity index (χ4v) is 4.57. The summed E-state index contributed by atoms with van der Waals surface area (Å²) < 4.78 is 5.49. The molecule has 0 fully saturated rings. The van der Waals surface area contributed by atoms with Crippen molar-refractivity contribution < 1.29 is 24.2 Å². The van der Waals surface area contributed by atoms with Gasteiger partial charge >= 0.3 is 6.09 Å². The first-order valence-corrected chi connectivity index (χ1v) is 14.4. The van der Waals surface area contributed by atoms with Crippen molar-refractivity contribution in [3.8, 4) is 18.1 Å². The van der Waals surface area contributed by atoms with Gasteiger partial charge in [-0.15, -0.1) is 6.42 Å². The van der Waals surface area contributed by atoms with E-state index in [4.69, 9.17) is 11.2 Å². The van der Waals surface area contributed by atoms with Crippen molar-refractivity contribution in [3.63, 3.8) is 0 Å². The van der Waals surface area contributed by atoms with E-state index in [1.807, 2.05) is 44.2 Å². The quantitative estimate of drug-likeness (QED) is 0.259. The highest BCUT2D eigenvalue weighted by molar-refractivity contribution is 5.92. The zero-order valence-corrected chi connectivity index (χ0v) is 25.5. The highest BCUT2D eigenvalue weighted by Crippen LogP contribution is 2.27. The van der Waals surface area contributed by atoms with Crippen LogP contribution in [-0.4, -0.2) is 45.6 Å². The second-order valence-electron chi connectivity index (χ2n) is 11.4. The van der Waals surface area contributed by atoms with Crippen LogP contribution in [0.25, 0.3) is 0 Å². The maximum Gasteiger partial charge on any atom is 0.408 e. The van der Waals surface area contributed by atoms with Gasteiger partial charge in [0.1, 0.15) is 23.4 Å². The summed E-state index contributed by atoms with van der Waals surface area (Å²) in [5.74, 6) is 1.85. The zero-order chi connectivity index (χ0) is 31.6. The molecule has 0 aliphatic heterocycles. The largest absolute Gasteiger partial charge is 0.508 e. The van der Waals surface area contributed by atoms with Crippen molar-refractivity contribution in [1.82, 2.24) is 15.5 Å². The number of ether oxygens (including phenoxy) is 1. The van der Waals surface area contributed by atoms with Crippen molar-refractivity contribution in [2.24, 2.45) is 0 Å². The minimum Gasteiger partial charge on any atom is -0.508 e. The van der Waals surface area contributed by atoms with Crippen molar-refractivity contribution in [2.75, 3.05) is 0 Å². The molecule has 3 amide bonds. The highest BCUT2D eigenvalue weighted by Gasteiger charge is 2.38. The molecule has 0 aliphatic carbocycles. The lowest BCUT2D eigenvalue weighted by molar-refractivity contribution is -0.145. The fourth-order valence-electron chi connectivity index (χ4n) is 4.57. The Bertz CT molecular complexity index is 1410. The standard InChI is InChI=1S/C35H41N3O5/c1-7-24(3)38(33(41)30(37-34(42)43-35(4,5)6)22-26-16-20-29(39)21-17-26)31(28-18-14-25(8-2)15-19-28)32(40)36-23-27-12-10-9-11-13-27/h2,9-21,24,30-31,39H,7,22-23H2,1,3-6H3,(H,36,40)(H,37,42). The number of phenolic OH excluding ortho intramolecular Hbond substituents is 1. The van der Waals surface area contributed by atoms with Crippen LogP contribution in [0.15, 0.2) is 78.9 Å². The van der Waals surface area contributed by atoms with E-state index in [2.05, 4.69) is 16.6 Å². The number of terminal acetylenes is 1. The number of nitrogens with one attached hydrogen (secondary N) is 2. The zero-order valence-electron chi connectivity index (χ0n) is 25.5. The Morgan fingerprint density at radius 1 is 0.953 bits per heavy atom. The molecule has 8 heteroatoms. The van der Waals surface area contributed by atoms with Gasteiger partial charge in [0.05, 0.1) is 0 Å². The van der Waals surface area contributed by atoms with E-state index in [-0.39, 0.29) is 30.7 Å². The number of aromatic hydroxyl groups is 1. The number of hydrogen-bond donors (Lipinski definition) is 3. The summed E-state index contributed by atoms with van der Waals surface area (Å²) in [7, 11) is 0. The maximum atomic E-state index is 14.5. The van der Waals surface area contributed by atoms with Crippen LogP contribution in [0.5, 0.6) is 5.75 Å². The minimum atomic E-state index is -1.07. The molecule has 3 atom stereocenters. The number of carbonyl (C=O) groups excluding carboxylic acids is 3. The molecule has 3 N–H and O–H groups in total. The third-order valence-corrected chi connectivity index (χ3v) is 6.91. The first-order chi connectivity index (χ1) is 20.4. The summed E-state index contributed by atoms with van der Waals surface area (Å²) in [5, 5.41) is 15.5. The van der Waals surface area contributed by atoms with E-state index in [1.165, 1.54) is 17.0 Å². The van der Waals surface area contributed by atoms with Gasteiger partial charge in [0, 0.05) is 24.6 Å². The molecule has 43 heavy (non-hydrogen) atoms. The Hall–Kier alpha value is -4.77. The Morgan fingerprint density at radius 3 is 2.14 bits per heavy atom. The lowest BCUT2D eigenvalue weighted by Gasteiger charge is -2.38. The van der Waals surface area contributed by atoms with Gasteiger partial charge in [-0.05, 0) is 75.1 Å². The van der Waals surface area contributed by atoms with Gasteiger partial charge in [0.25, 0.3) is 0 Å². The predicted molar refractivity (Wildman–Crippen MR) is 167 cm³/mol. The molecule has 0 bridgehead atoms. The summed E-state index contributed by atoms with van der Waals surface area (Å²) >= 11 is 0. The van der Waals surface area contributed by atoms with Gasteiger partial charge in [-0.25, -0.2) is 4.79 Å². The maximum absolute atomic E-state index is 14.5. The highest BCUT2D eigenvalue weighted by atomic mass is 16.6. The van der Waals surface area contributed by atoms with E-state index in [1.54, 1.807) is 57.2 Å². The molecule has 0 heterocycles. The van der Waals surface area contributed by atoms with Gasteiger partial charge in [0.2, 0.25) is 11.8 Å². The first-order valence-electron chi connectivity index (χ1n) is 14.4. The third kappa shape index (κ3) is 9.64. The fraction of sp³-hybridized carbons (Fsp3) is 0.343. The number of carbonyl (C=O) groups is 3. The number of benzene rings is 3. The van der Waals surface area contributed by atoms with E-state index < -0.39 is 29.7 Å². The van der Waals surface area contributed by atoms with Crippen LogP contribution in [0, 0.1) is 12.3 Å². The molecule has 3 aromatic carbocycles. The predicted octanol–water partition coefficient (Wildman–Crippen LogP) is 5.49. The third-order valence-electron chi connectivity index (χ3n) is 6.91. The number of nitrogens with zero attached hydrogens (tertiary/aromatic N) is 1. The Balaban J connectivity index is 2.05. The second kappa shape index (κ2) is 14.9. The normalized spacial score (nSPS) is 13.1. The molecule has 0 aromatic heterocycles. The van der Waals surface area contributed by atoms with Crippen LogP contribution >= 0.6 is 0 Å². The number of amides is 3. The topological polar surface area (TPSA) is 108 Å². The van der Waals surface area contributed by atoms with E-state index >= 15 is 0 Å². The average Bonchev–Trinajstić information content (AvgIpc) is 2.98. The minimum absolute atomic E-state index is 0.0820. The van der Waals surface area contributed by atoms with Crippen molar-refractivity contribution >= 4 is 17.9 Å². The lowest BCUT2D eigenvalue weighted by Crippen LogP contribution is -2.56. The Labute approximate surface area is 254 Å². The van der Waals surface area contributed by atoms with E-state index in [0.29, 0.717) is 23.1 Å². The van der Waals surface area contributed by atoms with E-state index in [9.17, 15) is 19.5 Å². The van der Waals surface area contributed by atoms with Crippen LogP contribution < -0.4 is 10.6 Å². The summed E-state index contributed by atoms with van der Waals surface area (Å²) in [6, 6.07) is 20.4. The summed E-state index contributed by atoms with van der Waals surface area (Å²) in [4.78, 5) is 43.0. The summed E-state index contributed by atoms with van der Waals surface area (Å²) in [6.45, 7) is 9.29. The molecule has 3 aromatic rings. The number of hydrogen-bond acceptors (Lipinski definition) is 5. The van der Waals surface area contributed by atoms with Crippen LogP contribution in [0.3, 0.4) is 0 Å². The van der Waals surface area contributed by atoms with Gasteiger partial charge < -0.3 is 25.4 Å². The first kappa shape index (κ1) is 32.7. The molecule has 3 unspecified atom stereocenters. The summed E-state index contributed by atoms with van der Waals surface area (Å²) in [5.41, 5.74) is 2.06. The van der Waals surface area contributed by atoms with Crippen LogP contribution in [-0.2, 0) is 27.3 Å². The lowest BCUT2D eigenvalue weighted by atomic mass is 9.97. The second-order valence-corrected chi connectivity index (χ2v) is 11.4. The average molecular weight is 584 g/mol. The van der Waals surface area contributed by atoms with Crippen molar-refractivity contribution in [1.29, 1.82) is 0 Å². The Morgan fingerprint density at radius 2 is 1.58 bits per heavy atom. The molecule has 0 spiro atoms. The van der Waals surface area contributed by atoms with Gasteiger partial charge in [-0.2, -0.15) is 0 Å². The Kier molecular flexibility index (Phi) is 11.4. The number of rotatable bonds is 11. The SMILES string of the molecule is C#Cc1ccc(C(C(=O)NCc2ccccc2)N(C(=O)C(Cc2ccc(O)cc2)NC(=O)OC(C)(C)C)C(C)CC)cc1. The van der Waals surface area contributed by atoms with Crippen molar-refractivity contribution in [2.45, 2.75) is 77.7 Å². The monoisotopic (exact) mass is 583 g/mol. The molecule has 0 radical (unpaired) electrons. The van der Waals surface area contributed by atoms with Gasteiger partial charge in [-0.3, -0.25) is 9.59 Å². The molecule has 226 valence electrons. The molecule has 8 nitrogen and oxygen atoms in total. The van der Waals surface area contributed by atoms with Crippen molar-refractivity contribution in [3.05, 3.63) is 101 Å². The van der Waals surface area contributed by atoms with Gasteiger partial charge in [-0.1, -0.05) is 67.4 Å². The molecule has 0 saturated heterocycles. The smallest absolute Gasteiger partial charge is 0.408 e. The molecule has 3 rings (SSSR count). The molecular formula is C35H41N3O5. The molecule has 0 saturated carbocycles. The summed E-state index contributed by atoms with van der Waals surface area (Å²) in [6.07, 6.45) is 5.49. The molecule has 0 aliphatic rings.